The third-order valence-corrected chi connectivity index (χ3v) is 7.46. The van der Waals surface area contributed by atoms with E-state index in [4.69, 9.17) is 5.73 Å². The van der Waals surface area contributed by atoms with Gasteiger partial charge in [0.05, 0.1) is 11.3 Å². The fourth-order valence-corrected chi connectivity index (χ4v) is 5.32. The van der Waals surface area contributed by atoms with Crippen molar-refractivity contribution in [2.24, 2.45) is 11.7 Å². The highest BCUT2D eigenvalue weighted by molar-refractivity contribution is 7.89. The summed E-state index contributed by atoms with van der Waals surface area (Å²) in [6.45, 7) is 0.453. The predicted molar refractivity (Wildman–Crippen MR) is 120 cm³/mol. The van der Waals surface area contributed by atoms with Gasteiger partial charge in [-0.3, -0.25) is 14.9 Å². The number of likely N-dealkylation sites (tertiary alicyclic amines) is 1. The number of carbonyl (C=O) groups excluding carboxylic acids is 2. The summed E-state index contributed by atoms with van der Waals surface area (Å²) in [5, 5.41) is 11.3. The van der Waals surface area contributed by atoms with Crippen molar-refractivity contribution in [2.45, 2.75) is 24.2 Å². The van der Waals surface area contributed by atoms with Crippen LogP contribution >= 0.6 is 0 Å². The van der Waals surface area contributed by atoms with Crippen LogP contribution < -0.4 is 5.73 Å². The molecule has 1 aliphatic rings. The van der Waals surface area contributed by atoms with E-state index in [-0.39, 0.29) is 24.2 Å². The van der Waals surface area contributed by atoms with Gasteiger partial charge in [0.1, 0.15) is 5.82 Å². The lowest BCUT2D eigenvalue weighted by atomic mass is 9.96. The lowest BCUT2D eigenvalue weighted by molar-refractivity contribution is -0.387. The molecule has 2 aromatic carbocycles. The number of halogens is 1. The van der Waals surface area contributed by atoms with Gasteiger partial charge in [0.15, 0.2) is 4.90 Å². The van der Waals surface area contributed by atoms with Crippen molar-refractivity contribution >= 4 is 27.6 Å². The second-order valence-corrected chi connectivity index (χ2v) is 9.73. The summed E-state index contributed by atoms with van der Waals surface area (Å²) in [4.78, 5) is 35.9. The van der Waals surface area contributed by atoms with Crippen LogP contribution in [-0.4, -0.2) is 54.1 Å². The van der Waals surface area contributed by atoms with Crippen LogP contribution in [0.3, 0.4) is 0 Å². The lowest BCUT2D eigenvalue weighted by Crippen LogP contribution is -2.46. The van der Waals surface area contributed by atoms with Crippen LogP contribution in [0.15, 0.2) is 53.4 Å². The summed E-state index contributed by atoms with van der Waals surface area (Å²) in [5.74, 6) is -0.820. The predicted octanol–water partition coefficient (Wildman–Crippen LogP) is 2.49. The maximum atomic E-state index is 13.0. The molecule has 1 fully saturated rings. The van der Waals surface area contributed by atoms with E-state index in [1.807, 2.05) is 0 Å². The zero-order chi connectivity index (χ0) is 24.9. The number of nitrogens with zero attached hydrogens (tertiary/aromatic N) is 3. The number of amides is 3. The highest BCUT2D eigenvalue weighted by Gasteiger charge is 2.36. The SMILES string of the molecule is NC(=O)N(CC1CCN(C(=O)[CH]Cc2ccc(F)cc2)CC1)S(=O)(=O)c1ccccc1[N+](=O)[O-]. The molecule has 3 amide bonds. The highest BCUT2D eigenvalue weighted by atomic mass is 32.2. The highest BCUT2D eigenvalue weighted by Crippen LogP contribution is 2.28. The zero-order valence-electron chi connectivity index (χ0n) is 18.2. The first kappa shape index (κ1) is 25.1. The smallest absolute Gasteiger partial charge is 0.328 e. The van der Waals surface area contributed by atoms with Gasteiger partial charge in [-0.25, -0.2) is 21.9 Å². The fourth-order valence-electron chi connectivity index (χ4n) is 3.78. The van der Waals surface area contributed by atoms with Crippen molar-refractivity contribution in [1.29, 1.82) is 0 Å². The second kappa shape index (κ2) is 10.6. The van der Waals surface area contributed by atoms with Crippen molar-refractivity contribution < 1.29 is 27.3 Å². The number of benzene rings is 2. The number of urea groups is 1. The second-order valence-electron chi connectivity index (χ2n) is 7.90. The van der Waals surface area contributed by atoms with Crippen LogP contribution in [0.25, 0.3) is 0 Å². The minimum atomic E-state index is -4.54. The van der Waals surface area contributed by atoms with E-state index in [0.29, 0.717) is 36.7 Å². The number of para-hydroxylation sites is 1. The van der Waals surface area contributed by atoms with Gasteiger partial charge >= 0.3 is 6.03 Å². The van der Waals surface area contributed by atoms with Crippen LogP contribution in [0.4, 0.5) is 14.9 Å². The number of sulfonamides is 1. The van der Waals surface area contributed by atoms with Gasteiger partial charge in [0.25, 0.3) is 15.7 Å². The van der Waals surface area contributed by atoms with E-state index in [0.717, 1.165) is 17.7 Å². The van der Waals surface area contributed by atoms with Crippen LogP contribution in [-0.2, 0) is 21.2 Å². The van der Waals surface area contributed by atoms with Crippen LogP contribution in [0.5, 0.6) is 0 Å². The van der Waals surface area contributed by atoms with Gasteiger partial charge in [-0.1, -0.05) is 24.3 Å². The average Bonchev–Trinajstić information content (AvgIpc) is 2.82. The molecule has 2 N–H and O–H groups in total. The molecule has 12 heteroatoms. The van der Waals surface area contributed by atoms with E-state index >= 15 is 0 Å². The molecule has 10 nitrogen and oxygen atoms in total. The Hall–Kier alpha value is -3.54. The fraction of sp³-hybridized carbons (Fsp3) is 0.318. The quantitative estimate of drug-likeness (QED) is 0.444. The molecule has 0 atom stereocenters. The molecule has 0 spiro atoms. The number of carbonyl (C=O) groups is 2. The summed E-state index contributed by atoms with van der Waals surface area (Å²) in [5.41, 5.74) is 5.47. The average molecular weight is 492 g/mol. The summed E-state index contributed by atoms with van der Waals surface area (Å²) >= 11 is 0. The van der Waals surface area contributed by atoms with E-state index in [9.17, 15) is 32.5 Å². The molecular weight excluding hydrogens is 467 g/mol. The van der Waals surface area contributed by atoms with Crippen molar-refractivity contribution in [2.75, 3.05) is 19.6 Å². The van der Waals surface area contributed by atoms with Gasteiger partial charge in [-0.15, -0.1) is 0 Å². The topological polar surface area (TPSA) is 144 Å². The van der Waals surface area contributed by atoms with Gasteiger partial charge in [-0.05, 0) is 48.9 Å². The molecule has 0 bridgehead atoms. The number of nitrogens with two attached hydrogens (primary N) is 1. The Balaban J connectivity index is 1.61. The van der Waals surface area contributed by atoms with Crippen molar-refractivity contribution in [3.05, 3.63) is 76.4 Å². The summed E-state index contributed by atoms with van der Waals surface area (Å²) < 4.78 is 39.5. The molecule has 1 aliphatic heterocycles. The minimum Gasteiger partial charge on any atom is -0.351 e. The molecule has 0 aliphatic carbocycles. The Kier molecular flexibility index (Phi) is 7.82. The monoisotopic (exact) mass is 491 g/mol. The molecule has 1 heterocycles. The van der Waals surface area contributed by atoms with Crippen LogP contribution in [0, 0.1) is 28.3 Å². The first-order valence-electron chi connectivity index (χ1n) is 10.5. The van der Waals surface area contributed by atoms with E-state index in [1.54, 1.807) is 17.0 Å². The van der Waals surface area contributed by atoms with Crippen LogP contribution in [0.2, 0.25) is 0 Å². The molecule has 181 valence electrons. The Morgan fingerprint density at radius 3 is 2.35 bits per heavy atom. The van der Waals surface area contributed by atoms with E-state index < -0.39 is 31.6 Å². The number of piperidine rings is 1. The maximum Gasteiger partial charge on any atom is 0.328 e. The maximum absolute atomic E-state index is 13.0. The summed E-state index contributed by atoms with van der Waals surface area (Å²) in [6.07, 6.45) is 2.70. The number of rotatable bonds is 8. The minimum absolute atomic E-state index is 0.193. The third-order valence-electron chi connectivity index (χ3n) is 5.65. The lowest BCUT2D eigenvalue weighted by Gasteiger charge is -2.34. The van der Waals surface area contributed by atoms with Crippen molar-refractivity contribution in [1.82, 2.24) is 9.21 Å². The Bertz CT molecular complexity index is 1160. The summed E-state index contributed by atoms with van der Waals surface area (Å²) in [7, 11) is -4.54. The number of nitro groups is 1. The Morgan fingerprint density at radius 1 is 1.15 bits per heavy atom. The molecular formula is C22H24FN4O6S. The van der Waals surface area contributed by atoms with Crippen molar-refractivity contribution in [3.63, 3.8) is 0 Å². The van der Waals surface area contributed by atoms with Crippen molar-refractivity contribution in [3.8, 4) is 0 Å². The van der Waals surface area contributed by atoms with Gasteiger partial charge in [0.2, 0.25) is 5.91 Å². The molecule has 0 aromatic heterocycles. The normalized spacial score (nSPS) is 14.6. The first-order chi connectivity index (χ1) is 16.1. The molecule has 2 aromatic rings. The third kappa shape index (κ3) is 5.87. The largest absolute Gasteiger partial charge is 0.351 e. The van der Waals surface area contributed by atoms with Gasteiger partial charge in [0, 0.05) is 25.7 Å². The van der Waals surface area contributed by atoms with Crippen LogP contribution in [0.1, 0.15) is 18.4 Å². The standard InChI is InChI=1S/C22H24FN4O6S/c23-18-8-5-16(6-9-18)7-10-21(28)25-13-11-17(12-14-25)15-26(22(24)29)34(32,33)20-4-2-1-3-19(20)27(30)31/h1-6,8-10,17H,7,11-15H2,(H2,24,29). The van der Waals surface area contributed by atoms with E-state index in [2.05, 4.69) is 0 Å². The number of hydrogen-bond donors (Lipinski definition) is 1. The number of nitro benzene ring substituents is 1. The molecule has 3 rings (SSSR count). The van der Waals surface area contributed by atoms with Gasteiger partial charge in [-0.2, -0.15) is 0 Å². The molecule has 0 saturated carbocycles. The summed E-state index contributed by atoms with van der Waals surface area (Å²) in [6, 6.07) is 9.35. The molecule has 34 heavy (non-hydrogen) atoms. The number of hydrogen-bond acceptors (Lipinski definition) is 6. The zero-order valence-corrected chi connectivity index (χ0v) is 19.0. The first-order valence-corrected chi connectivity index (χ1v) is 12.0. The molecule has 1 saturated heterocycles. The number of primary amides is 1. The van der Waals surface area contributed by atoms with E-state index in [1.165, 1.54) is 30.7 Å². The Morgan fingerprint density at radius 2 is 1.76 bits per heavy atom. The van der Waals surface area contributed by atoms with Gasteiger partial charge < -0.3 is 10.6 Å². The Labute approximate surface area is 196 Å². The molecule has 0 unspecified atom stereocenters. The molecule has 1 radical (unpaired) electrons.